The highest BCUT2D eigenvalue weighted by atomic mass is 15.1. The zero-order chi connectivity index (χ0) is 17.3. The first-order chi connectivity index (χ1) is 12.9. The fraction of sp³-hybridized carbons (Fsp3) is 0.250. The van der Waals surface area contributed by atoms with E-state index in [9.17, 15) is 0 Å². The Morgan fingerprint density at radius 2 is 1.88 bits per heavy atom. The molecule has 1 aliphatic carbocycles. The minimum Gasteiger partial charge on any atom is -0.367 e. The van der Waals surface area contributed by atoms with Crippen LogP contribution in [0.4, 0.5) is 5.82 Å². The molecule has 0 aliphatic heterocycles. The molecule has 130 valence electrons. The first-order valence-electron chi connectivity index (χ1n) is 9.07. The highest BCUT2D eigenvalue weighted by Gasteiger charge is 2.18. The minimum atomic E-state index is 0.520. The van der Waals surface area contributed by atoms with Gasteiger partial charge in [0.15, 0.2) is 0 Å². The van der Waals surface area contributed by atoms with Gasteiger partial charge in [0, 0.05) is 46.7 Å². The average molecular weight is 344 g/mol. The molecule has 1 saturated carbocycles. The molecule has 4 heterocycles. The summed E-state index contributed by atoms with van der Waals surface area (Å²) in [5.41, 5.74) is 5.14. The van der Waals surface area contributed by atoms with Gasteiger partial charge in [-0.25, -0.2) is 4.98 Å². The Kier molecular flexibility index (Phi) is 3.66. The number of hydrogen-bond donors (Lipinski definition) is 3. The van der Waals surface area contributed by atoms with Crippen LogP contribution in [0.25, 0.3) is 33.4 Å². The van der Waals surface area contributed by atoms with E-state index in [2.05, 4.69) is 37.6 Å². The van der Waals surface area contributed by atoms with E-state index in [1.807, 2.05) is 24.5 Å². The lowest BCUT2D eigenvalue weighted by Gasteiger charge is -2.14. The van der Waals surface area contributed by atoms with Crippen LogP contribution >= 0.6 is 0 Å². The van der Waals surface area contributed by atoms with Gasteiger partial charge in [0.05, 0.1) is 11.9 Å². The summed E-state index contributed by atoms with van der Waals surface area (Å²) in [4.78, 5) is 12.1. The highest BCUT2D eigenvalue weighted by Crippen LogP contribution is 2.36. The predicted octanol–water partition coefficient (Wildman–Crippen LogP) is 4.37. The number of H-pyrrole nitrogens is 2. The number of aromatic nitrogens is 5. The van der Waals surface area contributed by atoms with Crippen LogP contribution in [0, 0.1) is 0 Å². The first kappa shape index (κ1) is 15.1. The Bertz CT molecular complexity index is 1030. The van der Waals surface area contributed by atoms with E-state index in [-0.39, 0.29) is 0 Å². The van der Waals surface area contributed by atoms with Crippen LogP contribution in [-0.2, 0) is 0 Å². The van der Waals surface area contributed by atoms with E-state index in [1.54, 1.807) is 12.4 Å². The van der Waals surface area contributed by atoms with Gasteiger partial charge >= 0.3 is 0 Å². The van der Waals surface area contributed by atoms with Crippen molar-refractivity contribution in [3.63, 3.8) is 0 Å². The predicted molar refractivity (Wildman–Crippen MR) is 103 cm³/mol. The smallest absolute Gasteiger partial charge is 0.140 e. The Balaban J connectivity index is 1.63. The molecule has 3 N–H and O–H groups in total. The van der Waals surface area contributed by atoms with Crippen LogP contribution in [0.1, 0.15) is 25.7 Å². The van der Waals surface area contributed by atoms with Crippen molar-refractivity contribution < 1.29 is 0 Å². The van der Waals surface area contributed by atoms with Crippen molar-refractivity contribution in [2.75, 3.05) is 5.32 Å². The Hall–Kier alpha value is -3.15. The van der Waals surface area contributed by atoms with Crippen LogP contribution in [0.5, 0.6) is 0 Å². The second-order valence-corrected chi connectivity index (χ2v) is 6.82. The van der Waals surface area contributed by atoms with Crippen molar-refractivity contribution >= 4 is 16.9 Å². The average Bonchev–Trinajstić information content (AvgIpc) is 3.43. The van der Waals surface area contributed by atoms with E-state index >= 15 is 0 Å². The standard InChI is InChI=1S/C20H20N6/c1-2-4-14(3-1)24-18-11-16(15-7-10-22-20(15)25-18)17-12-23-26-19(17)13-5-8-21-9-6-13/h5-12,14H,1-4H2,(H,23,26)(H2,22,24,25). The first-order valence-corrected chi connectivity index (χ1v) is 9.07. The number of hydrogen-bond acceptors (Lipinski definition) is 4. The van der Waals surface area contributed by atoms with Gasteiger partial charge in [0.2, 0.25) is 0 Å². The molecule has 0 unspecified atom stereocenters. The molecule has 1 fully saturated rings. The largest absolute Gasteiger partial charge is 0.367 e. The maximum Gasteiger partial charge on any atom is 0.140 e. The molecule has 0 bridgehead atoms. The normalized spacial score (nSPS) is 14.9. The number of nitrogens with zero attached hydrogens (tertiary/aromatic N) is 3. The zero-order valence-electron chi connectivity index (χ0n) is 14.4. The molecule has 1 aliphatic rings. The quantitative estimate of drug-likeness (QED) is 0.513. The van der Waals surface area contributed by atoms with Gasteiger partial charge in [-0.05, 0) is 37.1 Å². The fourth-order valence-corrected chi connectivity index (χ4v) is 3.84. The summed E-state index contributed by atoms with van der Waals surface area (Å²) in [7, 11) is 0. The summed E-state index contributed by atoms with van der Waals surface area (Å²) in [6.07, 6.45) is 12.4. The summed E-state index contributed by atoms with van der Waals surface area (Å²) >= 11 is 0. The fourth-order valence-electron chi connectivity index (χ4n) is 3.84. The lowest BCUT2D eigenvalue weighted by molar-refractivity contribution is 0.751. The monoisotopic (exact) mass is 344 g/mol. The van der Waals surface area contributed by atoms with Gasteiger partial charge in [-0.2, -0.15) is 5.10 Å². The molecule has 0 aromatic carbocycles. The van der Waals surface area contributed by atoms with Gasteiger partial charge in [0.25, 0.3) is 0 Å². The molecular formula is C20H20N6. The number of pyridine rings is 2. The van der Waals surface area contributed by atoms with Crippen molar-refractivity contribution in [1.82, 2.24) is 25.1 Å². The SMILES string of the molecule is c1cc(-c2[nH]ncc2-c2cc(NC3CCCC3)nc3[nH]ccc23)ccn1. The van der Waals surface area contributed by atoms with Gasteiger partial charge < -0.3 is 10.3 Å². The number of aromatic amines is 2. The van der Waals surface area contributed by atoms with Gasteiger partial charge in [-0.1, -0.05) is 12.8 Å². The molecule has 26 heavy (non-hydrogen) atoms. The van der Waals surface area contributed by atoms with Gasteiger partial charge in [-0.15, -0.1) is 0 Å². The number of rotatable bonds is 4. The summed E-state index contributed by atoms with van der Waals surface area (Å²) in [6, 6.07) is 8.71. The molecule has 4 aromatic rings. The van der Waals surface area contributed by atoms with Gasteiger partial charge in [-0.3, -0.25) is 10.1 Å². The summed E-state index contributed by atoms with van der Waals surface area (Å²) in [5.74, 6) is 0.920. The van der Waals surface area contributed by atoms with Crippen molar-refractivity contribution in [2.24, 2.45) is 0 Å². The van der Waals surface area contributed by atoms with Crippen LogP contribution in [0.3, 0.4) is 0 Å². The van der Waals surface area contributed by atoms with Crippen LogP contribution in [-0.4, -0.2) is 31.2 Å². The van der Waals surface area contributed by atoms with E-state index in [0.717, 1.165) is 39.2 Å². The van der Waals surface area contributed by atoms with E-state index in [4.69, 9.17) is 4.98 Å². The zero-order valence-corrected chi connectivity index (χ0v) is 14.4. The van der Waals surface area contributed by atoms with Crippen LogP contribution < -0.4 is 5.32 Å². The van der Waals surface area contributed by atoms with E-state index in [0.29, 0.717) is 6.04 Å². The van der Waals surface area contributed by atoms with Gasteiger partial charge in [0.1, 0.15) is 11.5 Å². The van der Waals surface area contributed by atoms with Crippen molar-refractivity contribution in [1.29, 1.82) is 0 Å². The minimum absolute atomic E-state index is 0.520. The lowest BCUT2D eigenvalue weighted by Crippen LogP contribution is -2.15. The Labute approximate surface area is 151 Å². The third-order valence-electron chi connectivity index (χ3n) is 5.13. The topological polar surface area (TPSA) is 82.3 Å². The third-order valence-corrected chi connectivity index (χ3v) is 5.13. The van der Waals surface area contributed by atoms with E-state index < -0.39 is 0 Å². The number of nitrogens with one attached hydrogen (secondary N) is 3. The Morgan fingerprint density at radius 1 is 1.04 bits per heavy atom. The van der Waals surface area contributed by atoms with Crippen molar-refractivity contribution in [2.45, 2.75) is 31.7 Å². The van der Waals surface area contributed by atoms with Crippen LogP contribution in [0.2, 0.25) is 0 Å². The molecule has 6 nitrogen and oxygen atoms in total. The summed E-state index contributed by atoms with van der Waals surface area (Å²) in [6.45, 7) is 0. The molecule has 0 atom stereocenters. The summed E-state index contributed by atoms with van der Waals surface area (Å²) in [5, 5.41) is 12.2. The molecule has 6 heteroatoms. The molecular weight excluding hydrogens is 324 g/mol. The number of anilines is 1. The third kappa shape index (κ3) is 2.63. The lowest BCUT2D eigenvalue weighted by atomic mass is 10.0. The molecule has 0 radical (unpaired) electrons. The second kappa shape index (κ2) is 6.29. The van der Waals surface area contributed by atoms with Crippen LogP contribution in [0.15, 0.2) is 49.1 Å². The summed E-state index contributed by atoms with van der Waals surface area (Å²) < 4.78 is 0. The van der Waals surface area contributed by atoms with Crippen molar-refractivity contribution in [3.05, 3.63) is 49.1 Å². The molecule has 4 aromatic heterocycles. The molecule has 0 spiro atoms. The molecule has 0 saturated heterocycles. The maximum absolute atomic E-state index is 4.76. The highest BCUT2D eigenvalue weighted by molar-refractivity contribution is 5.98. The molecule has 0 amide bonds. The maximum atomic E-state index is 4.76. The van der Waals surface area contributed by atoms with E-state index in [1.165, 1.54) is 25.7 Å². The molecule has 5 rings (SSSR count). The Morgan fingerprint density at radius 3 is 2.73 bits per heavy atom. The van der Waals surface area contributed by atoms with Crippen molar-refractivity contribution in [3.8, 4) is 22.4 Å². The number of fused-ring (bicyclic) bond motifs is 1. The second-order valence-electron chi connectivity index (χ2n) is 6.82.